The Kier molecular flexibility index (Phi) is 6.35. The van der Waals surface area contributed by atoms with Gasteiger partial charge in [-0.2, -0.15) is 0 Å². The van der Waals surface area contributed by atoms with E-state index in [0.29, 0.717) is 25.2 Å². The second-order valence-electron chi connectivity index (χ2n) is 7.09. The summed E-state index contributed by atoms with van der Waals surface area (Å²) in [5, 5.41) is 11.0. The van der Waals surface area contributed by atoms with E-state index in [4.69, 9.17) is 20.8 Å². The van der Waals surface area contributed by atoms with Gasteiger partial charge in [-0.25, -0.2) is 4.39 Å². The summed E-state index contributed by atoms with van der Waals surface area (Å²) in [7, 11) is 0. The highest BCUT2D eigenvalue weighted by Gasteiger charge is 2.32. The molecule has 12 heteroatoms. The topological polar surface area (TPSA) is 72.7 Å². The van der Waals surface area contributed by atoms with Gasteiger partial charge in [-0.1, -0.05) is 34.9 Å². The monoisotopic (exact) mass is 462 g/mol. The molecule has 2 atom stereocenters. The molecular formula is C19H19ClF4N4O3. The molecular weight excluding hydrogens is 444 g/mol. The molecule has 1 saturated heterocycles. The van der Waals surface area contributed by atoms with E-state index < -0.39 is 18.8 Å². The zero-order chi connectivity index (χ0) is 22.0. The minimum atomic E-state index is -4.72. The van der Waals surface area contributed by atoms with Crippen molar-refractivity contribution in [2.45, 2.75) is 31.3 Å². The van der Waals surface area contributed by atoms with Crippen molar-refractivity contribution >= 4 is 23.4 Å². The summed E-state index contributed by atoms with van der Waals surface area (Å²) in [4.78, 5) is 1.99. The zero-order valence-electron chi connectivity index (χ0n) is 16.2. The van der Waals surface area contributed by atoms with Crippen LogP contribution in [-0.4, -0.2) is 48.9 Å². The lowest BCUT2D eigenvalue weighted by Gasteiger charge is -2.39. The lowest BCUT2D eigenvalue weighted by atomic mass is 9.96. The van der Waals surface area contributed by atoms with E-state index in [1.54, 1.807) is 12.1 Å². The zero-order valence-corrected chi connectivity index (χ0v) is 16.9. The Morgan fingerprint density at radius 2 is 2.06 bits per heavy atom. The molecule has 2 aliphatic rings. The fourth-order valence-corrected chi connectivity index (χ4v) is 3.87. The molecule has 168 valence electrons. The molecule has 1 fully saturated rings. The predicted octanol–water partition coefficient (Wildman–Crippen LogP) is 4.10. The van der Waals surface area contributed by atoms with Gasteiger partial charge in [-0.15, -0.1) is 18.3 Å². The number of fused-ring (bicyclic) bond motifs is 1. The van der Waals surface area contributed by atoms with Crippen molar-refractivity contribution in [3.63, 3.8) is 0 Å². The fourth-order valence-electron chi connectivity index (χ4n) is 3.72. The largest absolute Gasteiger partial charge is 0.522 e. The number of hydrogen-bond donors (Lipinski definition) is 1. The van der Waals surface area contributed by atoms with Gasteiger partial charge in [-0.05, 0) is 18.9 Å². The van der Waals surface area contributed by atoms with E-state index in [-0.39, 0.29) is 35.7 Å². The minimum absolute atomic E-state index is 0.0334. The second kappa shape index (κ2) is 9.01. The molecule has 0 saturated carbocycles. The van der Waals surface area contributed by atoms with Gasteiger partial charge in [0.25, 0.3) is 0 Å². The Balaban J connectivity index is 1.33. The number of ether oxygens (including phenoxy) is 2. The van der Waals surface area contributed by atoms with Crippen LogP contribution in [-0.2, 0) is 4.74 Å². The molecule has 2 aromatic rings. The van der Waals surface area contributed by atoms with Crippen molar-refractivity contribution in [2.24, 2.45) is 0 Å². The number of nitrogens with one attached hydrogen (secondary N) is 1. The number of hydrogen-bond acceptors (Lipinski definition) is 7. The maximum atomic E-state index is 14.7. The quantitative estimate of drug-likeness (QED) is 0.511. The van der Waals surface area contributed by atoms with Crippen molar-refractivity contribution in [1.29, 1.82) is 0 Å². The van der Waals surface area contributed by atoms with E-state index in [2.05, 4.69) is 20.3 Å². The summed E-state index contributed by atoms with van der Waals surface area (Å²) < 4.78 is 64.5. The van der Waals surface area contributed by atoms with Crippen LogP contribution in [0.3, 0.4) is 0 Å². The van der Waals surface area contributed by atoms with Gasteiger partial charge in [0.15, 0.2) is 5.82 Å². The number of alkyl halides is 3. The first-order valence-corrected chi connectivity index (χ1v) is 10.0. The van der Waals surface area contributed by atoms with E-state index in [9.17, 15) is 17.6 Å². The molecule has 1 aromatic carbocycles. The Hall–Kier alpha value is -2.37. The Labute approximate surface area is 180 Å². The summed E-state index contributed by atoms with van der Waals surface area (Å²) in [6, 6.07) is 3.13. The van der Waals surface area contributed by atoms with Gasteiger partial charge in [0.1, 0.15) is 6.61 Å². The molecule has 4 rings (SSSR count). The molecule has 31 heavy (non-hydrogen) atoms. The molecule has 0 bridgehead atoms. The van der Waals surface area contributed by atoms with Crippen molar-refractivity contribution < 1.29 is 31.5 Å². The van der Waals surface area contributed by atoms with Crippen LogP contribution in [0.5, 0.6) is 6.08 Å². The Bertz CT molecular complexity index is 945. The number of piperidine rings is 1. The van der Waals surface area contributed by atoms with Crippen LogP contribution in [0.4, 0.5) is 23.2 Å². The molecule has 2 aliphatic heterocycles. The van der Waals surface area contributed by atoms with Crippen molar-refractivity contribution in [2.75, 3.05) is 31.2 Å². The van der Waals surface area contributed by atoms with Gasteiger partial charge in [0, 0.05) is 24.7 Å². The molecule has 0 radical (unpaired) electrons. The van der Waals surface area contributed by atoms with Gasteiger partial charge >= 0.3 is 12.4 Å². The smallest absolute Gasteiger partial charge is 0.447 e. The van der Waals surface area contributed by atoms with Crippen LogP contribution >= 0.6 is 11.6 Å². The third-order valence-corrected chi connectivity index (χ3v) is 5.40. The molecule has 0 unspecified atom stereocenters. The van der Waals surface area contributed by atoms with Gasteiger partial charge in [-0.3, -0.25) is 4.74 Å². The lowest BCUT2D eigenvalue weighted by molar-refractivity contribution is -0.325. The molecule has 0 aliphatic carbocycles. The standard InChI is InChI=1S/C19H19ClF4N4O3/c20-13-5-3-11-2-1-7-28(16(11)15(13)21)12-4-6-14(25-10-12)17-26-27-18(31-17)29-8-9-30-19(22,23)24/h1-3,5,12,14,25H,4,6-10H2/t12-,14+/m0/s1. The maximum Gasteiger partial charge on any atom is 0.522 e. The maximum absolute atomic E-state index is 14.7. The SMILES string of the molecule is Fc1c(Cl)ccc2c1N([C@H]1CC[C@H](c3nnc(OCCOC(F)(F)F)o3)NC1)CC=C2. The van der Waals surface area contributed by atoms with Crippen LogP contribution in [0.25, 0.3) is 6.08 Å². The normalized spacial score (nSPS) is 21.3. The van der Waals surface area contributed by atoms with Gasteiger partial charge in [0.05, 0.1) is 23.4 Å². The number of rotatable bonds is 6. The number of nitrogens with zero attached hydrogens (tertiary/aromatic N) is 3. The molecule has 1 N–H and O–H groups in total. The average molecular weight is 463 g/mol. The third kappa shape index (κ3) is 5.10. The summed E-state index contributed by atoms with van der Waals surface area (Å²) in [6.45, 7) is 0.0515. The van der Waals surface area contributed by atoms with Crippen LogP contribution < -0.4 is 15.0 Å². The van der Waals surface area contributed by atoms with Crippen LogP contribution in [0.2, 0.25) is 5.02 Å². The Morgan fingerprint density at radius 1 is 1.23 bits per heavy atom. The van der Waals surface area contributed by atoms with E-state index in [1.807, 2.05) is 17.1 Å². The second-order valence-corrected chi connectivity index (χ2v) is 7.50. The van der Waals surface area contributed by atoms with Crippen molar-refractivity contribution in [1.82, 2.24) is 15.5 Å². The van der Waals surface area contributed by atoms with E-state index >= 15 is 0 Å². The number of benzene rings is 1. The van der Waals surface area contributed by atoms with Crippen LogP contribution in [0.1, 0.15) is 30.3 Å². The summed E-state index contributed by atoms with van der Waals surface area (Å²) in [6.07, 6.45) is 0.285. The molecule has 7 nitrogen and oxygen atoms in total. The summed E-state index contributed by atoms with van der Waals surface area (Å²) in [5.74, 6) is -0.155. The molecule has 0 amide bonds. The molecule has 3 heterocycles. The highest BCUT2D eigenvalue weighted by molar-refractivity contribution is 6.31. The van der Waals surface area contributed by atoms with Crippen LogP contribution in [0, 0.1) is 5.82 Å². The highest BCUT2D eigenvalue weighted by Crippen LogP contribution is 2.36. The highest BCUT2D eigenvalue weighted by atomic mass is 35.5. The minimum Gasteiger partial charge on any atom is -0.447 e. The summed E-state index contributed by atoms with van der Waals surface area (Å²) in [5.41, 5.74) is 1.28. The summed E-state index contributed by atoms with van der Waals surface area (Å²) >= 11 is 5.98. The van der Waals surface area contributed by atoms with Crippen molar-refractivity contribution in [3.05, 3.63) is 40.5 Å². The Morgan fingerprint density at radius 3 is 2.81 bits per heavy atom. The van der Waals surface area contributed by atoms with Crippen molar-refractivity contribution in [3.8, 4) is 6.08 Å². The van der Waals surface area contributed by atoms with Gasteiger partial charge < -0.3 is 19.4 Å². The number of anilines is 1. The van der Waals surface area contributed by atoms with E-state index in [0.717, 1.165) is 12.0 Å². The molecule has 1 aromatic heterocycles. The first-order chi connectivity index (χ1) is 14.8. The van der Waals surface area contributed by atoms with Crippen LogP contribution in [0.15, 0.2) is 22.6 Å². The molecule has 0 spiro atoms. The first-order valence-electron chi connectivity index (χ1n) is 9.63. The number of aromatic nitrogens is 2. The van der Waals surface area contributed by atoms with Gasteiger partial charge in [0.2, 0.25) is 5.89 Å². The lowest BCUT2D eigenvalue weighted by Crippen LogP contribution is -2.48. The number of halogens is 5. The predicted molar refractivity (Wildman–Crippen MR) is 103 cm³/mol. The van der Waals surface area contributed by atoms with E-state index in [1.165, 1.54) is 0 Å². The average Bonchev–Trinajstić information content (AvgIpc) is 3.22. The first kappa shape index (κ1) is 21.8. The third-order valence-electron chi connectivity index (χ3n) is 5.11. The fraction of sp³-hybridized carbons (Fsp3) is 0.474.